The minimum Gasteiger partial charge on any atom is -0.303 e. The second kappa shape index (κ2) is 25.0. The van der Waals surface area contributed by atoms with Gasteiger partial charge in [-0.3, -0.25) is 0 Å². The fourth-order valence-electron chi connectivity index (χ4n) is 1.48. The molecule has 108 valence electrons. The van der Waals surface area contributed by atoms with Crippen LogP contribution in [0.1, 0.15) is 87.0 Å². The number of nitrogens with zero attached hydrogens (tertiary/aromatic N) is 1. The minimum absolute atomic E-state index is 1.32. The highest BCUT2D eigenvalue weighted by Gasteiger charge is 2.01. The fourth-order valence-corrected chi connectivity index (χ4v) is 1.48. The van der Waals surface area contributed by atoms with E-state index in [2.05, 4.69) is 25.7 Å². The van der Waals surface area contributed by atoms with Gasteiger partial charge >= 0.3 is 0 Å². The Morgan fingerprint density at radius 1 is 0.529 bits per heavy atom. The first-order valence-electron chi connectivity index (χ1n) is 8.07. The molecule has 0 aromatic rings. The third-order valence-electron chi connectivity index (χ3n) is 2.48. The first-order chi connectivity index (χ1) is 8.35. The van der Waals surface area contributed by atoms with Gasteiger partial charge in [0.05, 0.1) is 0 Å². The lowest BCUT2D eigenvalue weighted by Crippen LogP contribution is -2.27. The van der Waals surface area contributed by atoms with E-state index in [1.807, 2.05) is 27.7 Å². The summed E-state index contributed by atoms with van der Waals surface area (Å²) in [5.41, 5.74) is 0. The maximum absolute atomic E-state index is 2.64. The van der Waals surface area contributed by atoms with E-state index in [1.165, 1.54) is 58.2 Å². The molecule has 1 heteroatoms. The maximum Gasteiger partial charge on any atom is -0.00188 e. The van der Waals surface area contributed by atoms with Gasteiger partial charge in [0.2, 0.25) is 0 Å². The SMILES string of the molecule is CC.CC.CCCCN(CCCC)CCCC. The van der Waals surface area contributed by atoms with Crippen molar-refractivity contribution in [1.82, 2.24) is 4.90 Å². The van der Waals surface area contributed by atoms with Gasteiger partial charge in [0.25, 0.3) is 0 Å². The van der Waals surface area contributed by atoms with Crippen LogP contribution in [0.2, 0.25) is 0 Å². The van der Waals surface area contributed by atoms with Crippen molar-refractivity contribution in [2.24, 2.45) is 0 Å². The van der Waals surface area contributed by atoms with Crippen LogP contribution < -0.4 is 0 Å². The van der Waals surface area contributed by atoms with E-state index < -0.39 is 0 Å². The topological polar surface area (TPSA) is 3.24 Å². The monoisotopic (exact) mass is 245 g/mol. The fraction of sp³-hybridized carbons (Fsp3) is 1.00. The average molecular weight is 245 g/mol. The predicted molar refractivity (Wildman–Crippen MR) is 83.9 cm³/mol. The van der Waals surface area contributed by atoms with Crippen molar-refractivity contribution in [2.75, 3.05) is 19.6 Å². The summed E-state index contributed by atoms with van der Waals surface area (Å²) < 4.78 is 0. The molecule has 0 aliphatic carbocycles. The van der Waals surface area contributed by atoms with Crippen molar-refractivity contribution in [1.29, 1.82) is 0 Å². The maximum atomic E-state index is 2.64. The Bertz CT molecular complexity index is 72.5. The molecule has 0 N–H and O–H groups in total. The van der Waals surface area contributed by atoms with Crippen LogP contribution in [0.4, 0.5) is 0 Å². The molecule has 0 radical (unpaired) electrons. The second-order valence-electron chi connectivity index (χ2n) is 3.90. The molecule has 0 heterocycles. The first-order valence-corrected chi connectivity index (χ1v) is 8.07. The molecule has 0 unspecified atom stereocenters. The van der Waals surface area contributed by atoms with E-state index >= 15 is 0 Å². The molecule has 0 aliphatic rings. The van der Waals surface area contributed by atoms with Crippen LogP contribution in [0.25, 0.3) is 0 Å². The minimum atomic E-state index is 1.32. The van der Waals surface area contributed by atoms with Crippen molar-refractivity contribution in [2.45, 2.75) is 87.0 Å². The third kappa shape index (κ3) is 21.7. The molecule has 0 saturated carbocycles. The van der Waals surface area contributed by atoms with E-state index in [-0.39, 0.29) is 0 Å². The summed E-state index contributed by atoms with van der Waals surface area (Å²) in [6.45, 7) is 18.8. The average Bonchev–Trinajstić information content (AvgIpc) is 2.42. The summed E-state index contributed by atoms with van der Waals surface area (Å²) in [5.74, 6) is 0. The van der Waals surface area contributed by atoms with Gasteiger partial charge < -0.3 is 4.90 Å². The molecule has 0 rings (SSSR count). The zero-order valence-corrected chi connectivity index (χ0v) is 13.8. The lowest BCUT2D eigenvalue weighted by atomic mass is 10.2. The van der Waals surface area contributed by atoms with Gasteiger partial charge in [-0.15, -0.1) is 0 Å². The van der Waals surface area contributed by atoms with Gasteiger partial charge in [0.15, 0.2) is 0 Å². The van der Waals surface area contributed by atoms with Crippen LogP contribution in [0, 0.1) is 0 Å². The highest BCUT2D eigenvalue weighted by Crippen LogP contribution is 2.01. The van der Waals surface area contributed by atoms with E-state index in [1.54, 1.807) is 0 Å². The van der Waals surface area contributed by atoms with Crippen molar-refractivity contribution in [3.8, 4) is 0 Å². The number of unbranched alkanes of at least 4 members (excludes halogenated alkanes) is 3. The van der Waals surface area contributed by atoms with Crippen LogP contribution >= 0.6 is 0 Å². The first kappa shape index (κ1) is 22.2. The molecule has 17 heavy (non-hydrogen) atoms. The molecular weight excluding hydrogens is 206 g/mol. The summed E-state index contributed by atoms with van der Waals surface area (Å²) in [5, 5.41) is 0. The zero-order valence-electron chi connectivity index (χ0n) is 13.8. The van der Waals surface area contributed by atoms with Crippen LogP contribution in [0.15, 0.2) is 0 Å². The van der Waals surface area contributed by atoms with Crippen LogP contribution in [0.3, 0.4) is 0 Å². The van der Waals surface area contributed by atoms with Gasteiger partial charge in [0, 0.05) is 0 Å². The van der Waals surface area contributed by atoms with E-state index in [4.69, 9.17) is 0 Å². The Morgan fingerprint density at radius 2 is 0.765 bits per heavy atom. The molecule has 0 aromatic carbocycles. The van der Waals surface area contributed by atoms with Crippen LogP contribution in [-0.4, -0.2) is 24.5 Å². The van der Waals surface area contributed by atoms with Gasteiger partial charge in [-0.1, -0.05) is 67.7 Å². The molecule has 0 fully saturated rings. The Morgan fingerprint density at radius 3 is 0.941 bits per heavy atom. The largest absolute Gasteiger partial charge is 0.303 e. The van der Waals surface area contributed by atoms with Crippen molar-refractivity contribution >= 4 is 0 Å². The lowest BCUT2D eigenvalue weighted by Gasteiger charge is -2.21. The Labute approximate surface area is 112 Å². The highest BCUT2D eigenvalue weighted by molar-refractivity contribution is 4.57. The second-order valence-corrected chi connectivity index (χ2v) is 3.90. The highest BCUT2D eigenvalue weighted by atomic mass is 15.1. The zero-order chi connectivity index (χ0) is 13.9. The summed E-state index contributed by atoms with van der Waals surface area (Å²) >= 11 is 0. The molecule has 0 aliphatic heterocycles. The molecule has 0 spiro atoms. The Balaban J connectivity index is -0.000000439. The number of hydrogen-bond acceptors (Lipinski definition) is 1. The Hall–Kier alpha value is -0.0400. The van der Waals surface area contributed by atoms with Crippen molar-refractivity contribution < 1.29 is 0 Å². The molecule has 0 amide bonds. The van der Waals surface area contributed by atoms with Crippen molar-refractivity contribution in [3.05, 3.63) is 0 Å². The van der Waals surface area contributed by atoms with Gasteiger partial charge in [0.1, 0.15) is 0 Å². The summed E-state index contributed by atoms with van der Waals surface area (Å²) in [7, 11) is 0. The van der Waals surface area contributed by atoms with E-state index in [0.717, 1.165) is 0 Å². The third-order valence-corrected chi connectivity index (χ3v) is 2.48. The van der Waals surface area contributed by atoms with Gasteiger partial charge in [-0.05, 0) is 38.9 Å². The molecule has 0 bridgehead atoms. The summed E-state index contributed by atoms with van der Waals surface area (Å²) in [4.78, 5) is 2.64. The standard InChI is InChI=1S/C12H27N.2C2H6/c1-4-7-10-13(11-8-5-2)12-9-6-3;2*1-2/h4-12H2,1-3H3;2*1-2H3. The van der Waals surface area contributed by atoms with Crippen LogP contribution in [0.5, 0.6) is 0 Å². The number of hydrogen-bond donors (Lipinski definition) is 0. The molecule has 0 atom stereocenters. The molecule has 1 nitrogen and oxygen atoms in total. The quantitative estimate of drug-likeness (QED) is 0.500. The summed E-state index contributed by atoms with van der Waals surface area (Å²) in [6.07, 6.45) is 8.09. The van der Waals surface area contributed by atoms with Crippen LogP contribution in [-0.2, 0) is 0 Å². The molecular formula is C16H39N. The van der Waals surface area contributed by atoms with Gasteiger partial charge in [-0.2, -0.15) is 0 Å². The lowest BCUT2D eigenvalue weighted by molar-refractivity contribution is 0.261. The Kier molecular flexibility index (Phi) is 32.6. The van der Waals surface area contributed by atoms with Crippen molar-refractivity contribution in [3.63, 3.8) is 0 Å². The predicted octanol–water partition coefficient (Wildman–Crippen LogP) is 5.74. The van der Waals surface area contributed by atoms with Gasteiger partial charge in [-0.25, -0.2) is 0 Å². The number of rotatable bonds is 9. The molecule has 0 saturated heterocycles. The smallest absolute Gasteiger partial charge is 0.00188 e. The molecule has 0 aromatic heterocycles. The normalized spacial score (nSPS) is 9.18. The van der Waals surface area contributed by atoms with E-state index in [0.29, 0.717) is 0 Å². The summed E-state index contributed by atoms with van der Waals surface area (Å²) in [6, 6.07) is 0. The van der Waals surface area contributed by atoms with E-state index in [9.17, 15) is 0 Å².